The van der Waals surface area contributed by atoms with Crippen molar-refractivity contribution < 1.29 is 0 Å². The van der Waals surface area contributed by atoms with Crippen molar-refractivity contribution in [3.05, 3.63) is 11.6 Å². The topological polar surface area (TPSA) is 24.1 Å². The fourth-order valence-electron chi connectivity index (χ4n) is 1.48. The molecule has 2 heteroatoms. The zero-order chi connectivity index (χ0) is 12.8. The summed E-state index contributed by atoms with van der Waals surface area (Å²) in [6, 6.07) is 0. The molecule has 1 atom stereocenters. The van der Waals surface area contributed by atoms with Crippen molar-refractivity contribution in [3.8, 4) is 0 Å². The molecule has 1 aliphatic heterocycles. The van der Waals surface area contributed by atoms with Crippen LogP contribution in [0.25, 0.3) is 0 Å². The highest BCUT2D eigenvalue weighted by molar-refractivity contribution is 4.93. The number of rotatable bonds is 4. The van der Waals surface area contributed by atoms with Gasteiger partial charge in [0.05, 0.1) is 6.17 Å². The minimum atomic E-state index is 0.579. The van der Waals surface area contributed by atoms with Crippen LogP contribution in [-0.2, 0) is 0 Å². The van der Waals surface area contributed by atoms with Gasteiger partial charge in [-0.1, -0.05) is 39.3 Å². The van der Waals surface area contributed by atoms with Gasteiger partial charge in [-0.2, -0.15) is 0 Å². The van der Waals surface area contributed by atoms with Crippen molar-refractivity contribution in [2.45, 2.75) is 67.0 Å². The van der Waals surface area contributed by atoms with E-state index in [1.165, 1.54) is 25.0 Å². The van der Waals surface area contributed by atoms with Crippen molar-refractivity contribution in [1.82, 2.24) is 10.6 Å². The van der Waals surface area contributed by atoms with Crippen molar-refractivity contribution in [2.24, 2.45) is 0 Å². The number of hydrogen-bond donors (Lipinski definition) is 2. The molecule has 0 radical (unpaired) electrons. The van der Waals surface area contributed by atoms with Gasteiger partial charge in [-0.15, -0.1) is 0 Å². The number of nitrogens with one attached hydrogen (secondary N) is 2. The van der Waals surface area contributed by atoms with E-state index in [1.807, 2.05) is 27.7 Å². The van der Waals surface area contributed by atoms with Crippen LogP contribution in [0.4, 0.5) is 0 Å². The molecule has 0 amide bonds. The van der Waals surface area contributed by atoms with Crippen LogP contribution >= 0.6 is 0 Å². The summed E-state index contributed by atoms with van der Waals surface area (Å²) in [5, 5.41) is 6.89. The molecule has 1 fully saturated rings. The first-order valence-corrected chi connectivity index (χ1v) is 6.89. The Kier molecular flexibility index (Phi) is 16.5. The summed E-state index contributed by atoms with van der Waals surface area (Å²) in [4.78, 5) is 0. The van der Waals surface area contributed by atoms with Crippen molar-refractivity contribution in [2.75, 3.05) is 13.1 Å². The van der Waals surface area contributed by atoms with Crippen LogP contribution in [0, 0.1) is 0 Å². The highest BCUT2D eigenvalue weighted by Crippen LogP contribution is 2.01. The maximum absolute atomic E-state index is 3.48. The Bertz CT molecular complexity index is 143. The van der Waals surface area contributed by atoms with Crippen molar-refractivity contribution in [1.29, 1.82) is 0 Å². The molecule has 16 heavy (non-hydrogen) atoms. The van der Waals surface area contributed by atoms with E-state index in [0.717, 1.165) is 13.0 Å². The van der Waals surface area contributed by atoms with Crippen LogP contribution in [-0.4, -0.2) is 19.3 Å². The maximum Gasteiger partial charge on any atom is 0.0572 e. The van der Waals surface area contributed by atoms with Crippen LogP contribution in [0.3, 0.4) is 0 Å². The Hall–Kier alpha value is -0.340. The molecule has 0 aromatic heterocycles. The summed E-state index contributed by atoms with van der Waals surface area (Å²) in [6.07, 6.45) is 6.62. The van der Waals surface area contributed by atoms with Crippen LogP contribution < -0.4 is 10.6 Å². The third kappa shape index (κ3) is 11.7. The second kappa shape index (κ2) is 14.7. The lowest BCUT2D eigenvalue weighted by atomic mass is 10.2. The summed E-state index contributed by atoms with van der Waals surface area (Å²) < 4.78 is 0. The van der Waals surface area contributed by atoms with E-state index in [1.54, 1.807) is 0 Å². The fraction of sp³-hybridized carbons (Fsp3) is 0.857. The molecule has 1 rings (SSSR count). The van der Waals surface area contributed by atoms with Gasteiger partial charge in [-0.3, -0.25) is 0 Å². The van der Waals surface area contributed by atoms with E-state index >= 15 is 0 Å². The summed E-state index contributed by atoms with van der Waals surface area (Å²) in [7, 11) is 0. The molecule has 1 saturated heterocycles. The van der Waals surface area contributed by atoms with Gasteiger partial charge in [-0.25, -0.2) is 0 Å². The lowest BCUT2D eigenvalue weighted by molar-refractivity contribution is 0.488. The smallest absolute Gasteiger partial charge is 0.0572 e. The zero-order valence-electron chi connectivity index (χ0n) is 12.2. The third-order valence-corrected chi connectivity index (χ3v) is 2.15. The maximum atomic E-state index is 3.48. The Morgan fingerprint density at radius 3 is 2.31 bits per heavy atom. The molecule has 0 saturated carbocycles. The monoisotopic (exact) mass is 228 g/mol. The van der Waals surface area contributed by atoms with Gasteiger partial charge in [-0.05, 0) is 39.7 Å². The molecule has 0 aromatic rings. The number of allylic oxidation sites excluding steroid dienone is 1. The summed E-state index contributed by atoms with van der Waals surface area (Å²) in [6.45, 7) is 14.6. The second-order valence-corrected chi connectivity index (χ2v) is 3.67. The van der Waals surface area contributed by atoms with E-state index in [9.17, 15) is 0 Å². The summed E-state index contributed by atoms with van der Waals surface area (Å²) in [5.41, 5.74) is 1.41. The van der Waals surface area contributed by atoms with E-state index in [2.05, 4.69) is 30.6 Å². The highest BCUT2D eigenvalue weighted by atomic mass is 15.1. The van der Waals surface area contributed by atoms with E-state index < -0.39 is 0 Å². The van der Waals surface area contributed by atoms with E-state index in [0.29, 0.717) is 6.17 Å². The first-order chi connectivity index (χ1) is 7.79. The van der Waals surface area contributed by atoms with Gasteiger partial charge in [0.25, 0.3) is 0 Å². The summed E-state index contributed by atoms with van der Waals surface area (Å²) in [5.74, 6) is 0. The molecule has 0 spiro atoms. The van der Waals surface area contributed by atoms with Gasteiger partial charge in [0.15, 0.2) is 0 Å². The average Bonchev–Trinajstić information content (AvgIpc) is 2.83. The third-order valence-electron chi connectivity index (χ3n) is 2.15. The zero-order valence-corrected chi connectivity index (χ0v) is 12.2. The lowest BCUT2D eigenvalue weighted by Crippen LogP contribution is -2.37. The molecule has 0 aliphatic carbocycles. The number of hydrogen-bond acceptors (Lipinski definition) is 2. The minimum Gasteiger partial charge on any atom is -0.302 e. The predicted molar refractivity (Wildman–Crippen MR) is 75.8 cm³/mol. The molecule has 98 valence electrons. The Labute approximate surface area is 103 Å². The SMILES string of the molecule is CC.CC.CC(C)=CCCNC1CCCN1. The Morgan fingerprint density at radius 2 is 1.88 bits per heavy atom. The van der Waals surface area contributed by atoms with Crippen LogP contribution in [0.1, 0.15) is 60.8 Å². The minimum absolute atomic E-state index is 0.579. The van der Waals surface area contributed by atoms with Gasteiger partial charge in [0.1, 0.15) is 0 Å². The van der Waals surface area contributed by atoms with Crippen molar-refractivity contribution in [3.63, 3.8) is 0 Å². The van der Waals surface area contributed by atoms with Gasteiger partial charge >= 0.3 is 0 Å². The Balaban J connectivity index is 0. The molecule has 1 unspecified atom stereocenters. The lowest BCUT2D eigenvalue weighted by Gasteiger charge is -2.10. The Morgan fingerprint density at radius 1 is 1.25 bits per heavy atom. The van der Waals surface area contributed by atoms with Crippen LogP contribution in [0.2, 0.25) is 0 Å². The molecule has 1 aliphatic rings. The molecular formula is C14H32N2. The van der Waals surface area contributed by atoms with E-state index in [-0.39, 0.29) is 0 Å². The largest absolute Gasteiger partial charge is 0.302 e. The first-order valence-electron chi connectivity index (χ1n) is 6.89. The summed E-state index contributed by atoms with van der Waals surface area (Å²) >= 11 is 0. The molecule has 0 aromatic carbocycles. The first kappa shape index (κ1) is 18.0. The molecule has 0 bridgehead atoms. The molecular weight excluding hydrogens is 196 g/mol. The van der Waals surface area contributed by atoms with Crippen LogP contribution in [0.5, 0.6) is 0 Å². The standard InChI is InChI=1S/C10H20N2.2C2H6/c1-9(2)5-3-7-11-10-6-4-8-12-10;2*1-2/h5,10-12H,3-4,6-8H2,1-2H3;2*1-2H3. The normalized spacial score (nSPS) is 17.8. The van der Waals surface area contributed by atoms with Crippen molar-refractivity contribution >= 4 is 0 Å². The molecule has 2 N–H and O–H groups in total. The van der Waals surface area contributed by atoms with Gasteiger partial charge < -0.3 is 10.6 Å². The van der Waals surface area contributed by atoms with E-state index in [4.69, 9.17) is 0 Å². The average molecular weight is 228 g/mol. The molecule has 2 nitrogen and oxygen atoms in total. The van der Waals surface area contributed by atoms with Gasteiger partial charge in [0.2, 0.25) is 0 Å². The fourth-order valence-corrected chi connectivity index (χ4v) is 1.48. The second-order valence-electron chi connectivity index (χ2n) is 3.67. The van der Waals surface area contributed by atoms with Crippen LogP contribution in [0.15, 0.2) is 11.6 Å². The quantitative estimate of drug-likeness (QED) is 0.566. The van der Waals surface area contributed by atoms with Gasteiger partial charge in [0, 0.05) is 6.54 Å². The predicted octanol–water partition coefficient (Wildman–Crippen LogP) is 3.69. The highest BCUT2D eigenvalue weighted by Gasteiger charge is 2.11. The molecule has 1 heterocycles.